The van der Waals surface area contributed by atoms with Gasteiger partial charge in [0.05, 0.1) is 11.0 Å². The van der Waals surface area contributed by atoms with Crippen molar-refractivity contribution < 1.29 is 9.72 Å². The maximum atomic E-state index is 13.3. The second-order valence-corrected chi connectivity index (χ2v) is 8.49. The summed E-state index contributed by atoms with van der Waals surface area (Å²) in [5, 5.41) is 14.4. The highest BCUT2D eigenvalue weighted by atomic mass is 79.9. The summed E-state index contributed by atoms with van der Waals surface area (Å²) >= 11 is 6.81. The number of non-ortho nitro benzene ring substituents is 1. The molecule has 3 aromatic rings. The van der Waals surface area contributed by atoms with Gasteiger partial charge in [-0.2, -0.15) is 0 Å². The molecule has 0 radical (unpaired) electrons. The molecule has 1 aliphatic rings. The van der Waals surface area contributed by atoms with Gasteiger partial charge in [0, 0.05) is 32.5 Å². The standard InChI is InChI=1S/C22H15Br2N3O3/c23-15-4-8-17(9-5-15)25-20-13-21(14-2-1-3-19(12-14)27(29)30)26(22(20)28)18-10-6-16(24)7-11-18/h1-13,21,25H. The summed E-state index contributed by atoms with van der Waals surface area (Å²) in [6.07, 6.45) is 1.80. The molecule has 150 valence electrons. The van der Waals surface area contributed by atoms with E-state index >= 15 is 0 Å². The topological polar surface area (TPSA) is 75.5 Å². The van der Waals surface area contributed by atoms with Gasteiger partial charge in [0.1, 0.15) is 5.70 Å². The summed E-state index contributed by atoms with van der Waals surface area (Å²) in [6, 6.07) is 20.8. The van der Waals surface area contributed by atoms with Crippen molar-refractivity contribution in [1.82, 2.24) is 0 Å². The minimum Gasteiger partial charge on any atom is -0.351 e. The minimum absolute atomic E-state index is 0.0153. The molecular weight excluding hydrogens is 514 g/mol. The monoisotopic (exact) mass is 527 g/mol. The van der Waals surface area contributed by atoms with Crippen LogP contribution < -0.4 is 10.2 Å². The van der Waals surface area contributed by atoms with Crippen molar-refractivity contribution in [2.45, 2.75) is 6.04 Å². The van der Waals surface area contributed by atoms with Gasteiger partial charge in [0.15, 0.2) is 0 Å². The number of halogens is 2. The van der Waals surface area contributed by atoms with Crippen molar-refractivity contribution in [1.29, 1.82) is 0 Å². The lowest BCUT2D eigenvalue weighted by atomic mass is 10.1. The fourth-order valence-electron chi connectivity index (χ4n) is 3.29. The average Bonchev–Trinajstić information content (AvgIpc) is 3.06. The van der Waals surface area contributed by atoms with Crippen LogP contribution in [0.3, 0.4) is 0 Å². The van der Waals surface area contributed by atoms with Crippen LogP contribution in [0.15, 0.2) is 93.5 Å². The number of hydrogen-bond donors (Lipinski definition) is 1. The highest BCUT2D eigenvalue weighted by Gasteiger charge is 2.35. The molecule has 0 spiro atoms. The summed E-state index contributed by atoms with van der Waals surface area (Å²) in [4.78, 5) is 25.7. The van der Waals surface area contributed by atoms with Crippen molar-refractivity contribution in [3.8, 4) is 0 Å². The van der Waals surface area contributed by atoms with Gasteiger partial charge in [-0.3, -0.25) is 19.8 Å². The Morgan fingerprint density at radius 2 is 1.57 bits per heavy atom. The van der Waals surface area contributed by atoms with Crippen LogP contribution in [-0.4, -0.2) is 10.8 Å². The first-order chi connectivity index (χ1) is 14.4. The summed E-state index contributed by atoms with van der Waals surface area (Å²) in [6.45, 7) is 0. The molecule has 1 atom stereocenters. The van der Waals surface area contributed by atoms with Gasteiger partial charge < -0.3 is 5.32 Å². The minimum atomic E-state index is -0.475. The van der Waals surface area contributed by atoms with Crippen LogP contribution in [0.25, 0.3) is 0 Å². The Bertz CT molecular complexity index is 1150. The normalized spacial score (nSPS) is 15.8. The molecule has 1 amide bonds. The number of carbonyl (C=O) groups excluding carboxylic acids is 1. The van der Waals surface area contributed by atoms with Crippen LogP contribution in [-0.2, 0) is 4.79 Å². The van der Waals surface area contributed by atoms with Gasteiger partial charge in [-0.15, -0.1) is 0 Å². The Balaban J connectivity index is 1.75. The smallest absolute Gasteiger partial charge is 0.275 e. The van der Waals surface area contributed by atoms with Crippen LogP contribution in [0.4, 0.5) is 17.1 Å². The number of amides is 1. The van der Waals surface area contributed by atoms with Gasteiger partial charge >= 0.3 is 0 Å². The third-order valence-corrected chi connectivity index (χ3v) is 5.76. The van der Waals surface area contributed by atoms with Crippen LogP contribution in [0.5, 0.6) is 0 Å². The molecule has 1 aliphatic heterocycles. The molecule has 0 aliphatic carbocycles. The number of nitrogens with one attached hydrogen (secondary N) is 1. The van der Waals surface area contributed by atoms with Gasteiger partial charge in [0.25, 0.3) is 11.6 Å². The summed E-state index contributed by atoms with van der Waals surface area (Å²) < 4.78 is 1.83. The first-order valence-electron chi connectivity index (χ1n) is 9.00. The van der Waals surface area contributed by atoms with Crippen LogP contribution in [0.1, 0.15) is 11.6 Å². The number of nitro benzene ring substituents is 1. The number of benzene rings is 3. The summed E-state index contributed by atoms with van der Waals surface area (Å²) in [5.41, 5.74) is 2.53. The molecule has 3 aromatic carbocycles. The molecule has 6 nitrogen and oxygen atoms in total. The highest BCUT2D eigenvalue weighted by molar-refractivity contribution is 9.10. The zero-order valence-electron chi connectivity index (χ0n) is 15.5. The largest absolute Gasteiger partial charge is 0.351 e. The molecule has 1 unspecified atom stereocenters. The van der Waals surface area contributed by atoms with Gasteiger partial charge in [0.2, 0.25) is 0 Å². The maximum Gasteiger partial charge on any atom is 0.275 e. The number of rotatable bonds is 5. The van der Waals surface area contributed by atoms with E-state index in [1.807, 2.05) is 48.5 Å². The van der Waals surface area contributed by atoms with Gasteiger partial charge in [-0.25, -0.2) is 0 Å². The van der Waals surface area contributed by atoms with Crippen molar-refractivity contribution in [3.63, 3.8) is 0 Å². The van der Waals surface area contributed by atoms with Crippen LogP contribution in [0.2, 0.25) is 0 Å². The van der Waals surface area contributed by atoms with E-state index in [-0.39, 0.29) is 11.6 Å². The molecular formula is C22H15Br2N3O3. The SMILES string of the molecule is O=C1C(Nc2ccc(Br)cc2)=CC(c2cccc([N+](=O)[O-])c2)N1c1ccc(Br)cc1. The van der Waals surface area contributed by atoms with Gasteiger partial charge in [-0.1, -0.05) is 44.0 Å². The van der Waals surface area contributed by atoms with E-state index in [0.717, 1.165) is 14.6 Å². The molecule has 1 heterocycles. The predicted octanol–water partition coefficient (Wildman–Crippen LogP) is 6.20. The van der Waals surface area contributed by atoms with E-state index in [1.54, 1.807) is 23.1 Å². The lowest BCUT2D eigenvalue weighted by molar-refractivity contribution is -0.384. The summed E-state index contributed by atoms with van der Waals surface area (Å²) in [5.74, 6) is -0.211. The lowest BCUT2D eigenvalue weighted by Gasteiger charge is -2.25. The first-order valence-corrected chi connectivity index (χ1v) is 10.6. The van der Waals surface area contributed by atoms with Crippen LogP contribution in [0, 0.1) is 10.1 Å². The fraction of sp³-hybridized carbons (Fsp3) is 0.0455. The Kier molecular flexibility index (Phi) is 5.69. The van der Waals surface area contributed by atoms with Crippen molar-refractivity contribution in [3.05, 3.63) is 109 Å². The molecule has 1 N–H and O–H groups in total. The molecule has 0 saturated heterocycles. The molecule has 0 aromatic heterocycles. The third kappa shape index (κ3) is 4.15. The van der Waals surface area contributed by atoms with E-state index in [9.17, 15) is 14.9 Å². The second-order valence-electron chi connectivity index (χ2n) is 6.66. The Morgan fingerprint density at radius 3 is 2.20 bits per heavy atom. The predicted molar refractivity (Wildman–Crippen MR) is 123 cm³/mol. The zero-order chi connectivity index (χ0) is 21.3. The van der Waals surface area contributed by atoms with Gasteiger partial charge in [-0.05, 0) is 60.2 Å². The van der Waals surface area contributed by atoms with E-state index in [2.05, 4.69) is 37.2 Å². The number of nitrogens with zero attached hydrogens (tertiary/aromatic N) is 2. The highest BCUT2D eigenvalue weighted by Crippen LogP contribution is 2.37. The lowest BCUT2D eigenvalue weighted by Crippen LogP contribution is -2.30. The number of hydrogen-bond acceptors (Lipinski definition) is 4. The second kappa shape index (κ2) is 8.41. The maximum absolute atomic E-state index is 13.3. The van der Waals surface area contributed by atoms with Crippen LogP contribution >= 0.6 is 31.9 Å². The quantitative estimate of drug-likeness (QED) is 0.316. The molecule has 4 rings (SSSR count). The van der Waals surface area contributed by atoms with Crippen molar-refractivity contribution in [2.24, 2.45) is 0 Å². The number of nitro groups is 1. The molecule has 0 bridgehead atoms. The Hall–Kier alpha value is -2.97. The summed E-state index contributed by atoms with van der Waals surface area (Å²) in [7, 11) is 0. The van der Waals surface area contributed by atoms with Crippen molar-refractivity contribution in [2.75, 3.05) is 10.2 Å². The van der Waals surface area contributed by atoms with Crippen molar-refractivity contribution >= 4 is 54.8 Å². The van der Waals surface area contributed by atoms with E-state index in [0.29, 0.717) is 16.9 Å². The number of carbonyl (C=O) groups is 1. The first kappa shape index (κ1) is 20.3. The third-order valence-electron chi connectivity index (χ3n) is 4.70. The average molecular weight is 529 g/mol. The van der Waals surface area contributed by atoms with E-state index < -0.39 is 11.0 Å². The Labute approximate surface area is 189 Å². The molecule has 0 fully saturated rings. The van der Waals surface area contributed by atoms with E-state index in [4.69, 9.17) is 0 Å². The van der Waals surface area contributed by atoms with E-state index in [1.165, 1.54) is 12.1 Å². The fourth-order valence-corrected chi connectivity index (χ4v) is 3.82. The molecule has 30 heavy (non-hydrogen) atoms. The Morgan fingerprint density at radius 1 is 0.933 bits per heavy atom. The molecule has 0 saturated carbocycles. The molecule has 8 heteroatoms. The number of anilines is 2. The zero-order valence-corrected chi connectivity index (χ0v) is 18.6.